The van der Waals surface area contributed by atoms with Gasteiger partial charge in [0.15, 0.2) is 6.04 Å². The predicted octanol–water partition coefficient (Wildman–Crippen LogP) is 3.51. The zero-order valence-corrected chi connectivity index (χ0v) is 21.9. The molecular weight excluding hydrogens is 535 g/mol. The molecule has 40 heavy (non-hydrogen) atoms. The van der Waals surface area contributed by atoms with Crippen LogP contribution in [0.25, 0.3) is 0 Å². The quantitative estimate of drug-likeness (QED) is 0.431. The number of carboxylic acid groups (broad SMARTS) is 2. The molecule has 3 aliphatic heterocycles. The zero-order valence-electron chi connectivity index (χ0n) is 21.9. The van der Waals surface area contributed by atoms with Gasteiger partial charge in [-0.1, -0.05) is 30.3 Å². The average Bonchev–Trinajstić information content (AvgIpc) is 2.92. The van der Waals surface area contributed by atoms with Crippen LogP contribution >= 0.6 is 0 Å². The van der Waals surface area contributed by atoms with Crippen molar-refractivity contribution in [1.29, 1.82) is 0 Å². The van der Waals surface area contributed by atoms with Crippen LogP contribution in [0.5, 0.6) is 0 Å². The van der Waals surface area contributed by atoms with E-state index in [0.29, 0.717) is 17.2 Å². The molecule has 3 aliphatic rings. The van der Waals surface area contributed by atoms with Crippen molar-refractivity contribution >= 4 is 29.5 Å². The summed E-state index contributed by atoms with van der Waals surface area (Å²) in [6, 6.07) is 12.6. The fraction of sp³-hybridized carbons (Fsp3) is 0.407. The standard InChI is InChI=1S/C25H29N3O5.C2HF3O2/c1-27(2)23(29)18-12-19(24(30)31)14-20(13-18)26-22(17-6-4-3-5-7-17)25(32)33-21-15-28-10-8-16(21)9-11-28;3-2(4,5)1(6)7/h3-7,12-14,16,21-22,26H,8-11,15H2,1-2H3,(H,30,31);(H,6,7)/t21-,22?;/m0./s1. The zero-order chi connectivity index (χ0) is 29.6. The molecule has 2 aromatic rings. The van der Waals surface area contributed by atoms with E-state index in [9.17, 15) is 32.7 Å². The fourth-order valence-electron chi connectivity index (χ4n) is 4.57. The Morgan fingerprint density at radius 1 is 1.00 bits per heavy atom. The van der Waals surface area contributed by atoms with E-state index in [1.807, 2.05) is 30.3 Å². The summed E-state index contributed by atoms with van der Waals surface area (Å²) in [5.41, 5.74) is 1.24. The second-order valence-electron chi connectivity index (χ2n) is 9.71. The minimum absolute atomic E-state index is 0.0391. The predicted molar refractivity (Wildman–Crippen MR) is 137 cm³/mol. The molecule has 1 unspecified atom stereocenters. The molecule has 5 rings (SSSR count). The van der Waals surface area contributed by atoms with Crippen LogP contribution in [0.15, 0.2) is 48.5 Å². The van der Waals surface area contributed by atoms with E-state index < -0.39 is 30.1 Å². The summed E-state index contributed by atoms with van der Waals surface area (Å²) in [5, 5.41) is 19.8. The first-order valence-corrected chi connectivity index (χ1v) is 12.4. The van der Waals surface area contributed by atoms with E-state index in [2.05, 4.69) is 10.2 Å². The first-order chi connectivity index (χ1) is 18.8. The summed E-state index contributed by atoms with van der Waals surface area (Å²) in [7, 11) is 3.20. The lowest BCUT2D eigenvalue weighted by molar-refractivity contribution is -0.192. The lowest BCUT2D eigenvalue weighted by atomic mass is 9.86. The number of hydrogen-bond donors (Lipinski definition) is 3. The minimum Gasteiger partial charge on any atom is -0.478 e. The third kappa shape index (κ3) is 7.94. The van der Waals surface area contributed by atoms with E-state index in [1.165, 1.54) is 17.0 Å². The van der Waals surface area contributed by atoms with Crippen LogP contribution in [0.4, 0.5) is 18.9 Å². The Kier molecular flexibility index (Phi) is 9.74. The van der Waals surface area contributed by atoms with Gasteiger partial charge < -0.3 is 25.2 Å². The van der Waals surface area contributed by atoms with Gasteiger partial charge in [-0.3, -0.25) is 9.69 Å². The van der Waals surface area contributed by atoms with Gasteiger partial charge in [0.2, 0.25) is 0 Å². The molecule has 0 aliphatic carbocycles. The Morgan fingerprint density at radius 2 is 1.57 bits per heavy atom. The van der Waals surface area contributed by atoms with Gasteiger partial charge in [0.25, 0.3) is 5.91 Å². The molecular formula is C27H30F3N3O7. The second kappa shape index (κ2) is 12.8. The summed E-state index contributed by atoms with van der Waals surface area (Å²) in [6.07, 6.45) is -3.18. The Balaban J connectivity index is 0.000000559. The number of carbonyl (C=O) groups excluding carboxylic acids is 2. The van der Waals surface area contributed by atoms with E-state index >= 15 is 0 Å². The lowest BCUT2D eigenvalue weighted by Crippen LogP contribution is -2.52. The summed E-state index contributed by atoms with van der Waals surface area (Å²) >= 11 is 0. The van der Waals surface area contributed by atoms with Crippen LogP contribution in [0, 0.1) is 5.92 Å². The molecule has 0 aromatic heterocycles. The normalized spacial score (nSPS) is 20.4. The fourth-order valence-corrected chi connectivity index (χ4v) is 4.57. The highest BCUT2D eigenvalue weighted by Crippen LogP contribution is 2.31. The smallest absolute Gasteiger partial charge is 0.478 e. The number of nitrogens with one attached hydrogen (secondary N) is 1. The van der Waals surface area contributed by atoms with Crippen LogP contribution in [-0.4, -0.2) is 89.8 Å². The number of esters is 1. The number of benzene rings is 2. The van der Waals surface area contributed by atoms with Gasteiger partial charge in [-0.15, -0.1) is 0 Å². The number of carbonyl (C=O) groups is 4. The van der Waals surface area contributed by atoms with Crippen molar-refractivity contribution in [2.75, 3.05) is 39.0 Å². The first kappa shape index (κ1) is 30.4. The highest BCUT2D eigenvalue weighted by molar-refractivity contribution is 5.99. The number of halogens is 3. The number of aliphatic carboxylic acids is 1. The first-order valence-electron chi connectivity index (χ1n) is 12.4. The number of nitrogens with zero attached hydrogens (tertiary/aromatic N) is 2. The van der Waals surface area contributed by atoms with Gasteiger partial charge >= 0.3 is 24.1 Å². The topological polar surface area (TPSA) is 136 Å². The maximum absolute atomic E-state index is 13.3. The van der Waals surface area contributed by atoms with Gasteiger partial charge in [-0.05, 0) is 55.6 Å². The van der Waals surface area contributed by atoms with Crippen LogP contribution < -0.4 is 5.32 Å². The van der Waals surface area contributed by atoms with Gasteiger partial charge in [0.1, 0.15) is 6.10 Å². The number of carboxylic acids is 2. The largest absolute Gasteiger partial charge is 0.490 e. The Bertz CT molecular complexity index is 1230. The molecule has 10 nitrogen and oxygen atoms in total. The van der Waals surface area contributed by atoms with E-state index in [0.717, 1.165) is 32.5 Å². The summed E-state index contributed by atoms with van der Waals surface area (Å²) in [6.45, 7) is 2.83. The maximum Gasteiger partial charge on any atom is 0.490 e. The molecule has 3 N–H and O–H groups in total. The highest BCUT2D eigenvalue weighted by Gasteiger charge is 2.39. The molecule has 1 amide bonds. The number of fused-ring (bicyclic) bond motifs is 3. The Morgan fingerprint density at radius 3 is 2.05 bits per heavy atom. The summed E-state index contributed by atoms with van der Waals surface area (Å²) in [4.78, 5) is 50.1. The van der Waals surface area contributed by atoms with Crippen LogP contribution in [-0.2, 0) is 14.3 Å². The molecule has 2 atom stereocenters. The molecule has 0 radical (unpaired) electrons. The van der Waals surface area contributed by atoms with Gasteiger partial charge in [-0.25, -0.2) is 14.4 Å². The SMILES string of the molecule is CN(C)C(=O)c1cc(NC(C(=O)O[C@H]2CN3CCC2CC3)c2ccccc2)cc(C(=O)O)c1.O=C(O)C(F)(F)F. The molecule has 13 heteroatoms. The third-order valence-corrected chi connectivity index (χ3v) is 6.62. The number of piperidine rings is 3. The van der Waals surface area contributed by atoms with Gasteiger partial charge in [-0.2, -0.15) is 13.2 Å². The molecule has 3 fully saturated rings. The monoisotopic (exact) mass is 565 g/mol. The van der Waals surface area contributed by atoms with Crippen LogP contribution in [0.1, 0.15) is 45.2 Å². The molecule has 216 valence electrons. The summed E-state index contributed by atoms with van der Waals surface area (Å²) in [5.74, 6) is -4.28. The van der Waals surface area contributed by atoms with Crippen molar-refractivity contribution in [2.24, 2.45) is 5.92 Å². The highest BCUT2D eigenvalue weighted by atomic mass is 19.4. The van der Waals surface area contributed by atoms with Gasteiger partial charge in [0.05, 0.1) is 5.56 Å². The number of aromatic carboxylic acids is 1. The summed E-state index contributed by atoms with van der Waals surface area (Å²) < 4.78 is 37.7. The Hall–Kier alpha value is -4.13. The van der Waals surface area contributed by atoms with Crippen molar-refractivity contribution in [3.8, 4) is 0 Å². The maximum atomic E-state index is 13.3. The molecule has 2 bridgehead atoms. The van der Waals surface area contributed by atoms with Crippen LogP contribution in [0.3, 0.4) is 0 Å². The number of anilines is 1. The van der Waals surface area contributed by atoms with Crippen molar-refractivity contribution in [3.05, 3.63) is 65.2 Å². The number of hydrogen-bond acceptors (Lipinski definition) is 7. The van der Waals surface area contributed by atoms with Gasteiger partial charge in [0, 0.05) is 31.9 Å². The van der Waals surface area contributed by atoms with Crippen molar-refractivity contribution in [3.63, 3.8) is 0 Å². The molecule has 0 saturated carbocycles. The Labute approximate surface area is 228 Å². The van der Waals surface area contributed by atoms with Crippen molar-refractivity contribution < 1.29 is 47.3 Å². The van der Waals surface area contributed by atoms with Crippen molar-refractivity contribution in [2.45, 2.75) is 31.2 Å². The minimum atomic E-state index is -5.08. The second-order valence-corrected chi connectivity index (χ2v) is 9.71. The number of amides is 1. The third-order valence-electron chi connectivity index (χ3n) is 6.62. The number of rotatable bonds is 7. The van der Waals surface area contributed by atoms with E-state index in [1.54, 1.807) is 20.2 Å². The number of alkyl halides is 3. The molecule has 0 spiro atoms. The lowest BCUT2D eigenvalue weighted by Gasteiger charge is -2.44. The molecule has 3 saturated heterocycles. The average molecular weight is 566 g/mol. The number of ether oxygens (including phenoxy) is 1. The van der Waals surface area contributed by atoms with E-state index in [-0.39, 0.29) is 23.1 Å². The van der Waals surface area contributed by atoms with E-state index in [4.69, 9.17) is 14.6 Å². The molecule has 3 heterocycles. The van der Waals surface area contributed by atoms with Crippen molar-refractivity contribution in [1.82, 2.24) is 9.80 Å². The van der Waals surface area contributed by atoms with Crippen LogP contribution in [0.2, 0.25) is 0 Å². The molecule has 2 aromatic carbocycles.